The molecule has 0 aromatic rings. The monoisotopic (exact) mass is 336 g/mol. The highest BCUT2D eigenvalue weighted by molar-refractivity contribution is 7.87. The van der Waals surface area contributed by atoms with E-state index >= 15 is 0 Å². The summed E-state index contributed by atoms with van der Waals surface area (Å²) >= 11 is 0. The number of carbonyl (C=O) groups is 2. The third-order valence-corrected chi connectivity index (χ3v) is 6.38. The molecule has 0 unspecified atom stereocenters. The third kappa shape index (κ3) is 2.50. The third-order valence-electron chi connectivity index (χ3n) is 5.54. The van der Waals surface area contributed by atoms with Gasteiger partial charge in [0, 0.05) is 6.42 Å². The SMILES string of the molecule is O=C(CC12CC3CC(CC(C3)C1)C2)C(=O)C(F)(F)S(=O)(=O)O. The number of hydrogen-bond donors (Lipinski definition) is 1. The van der Waals surface area contributed by atoms with E-state index in [0.717, 1.165) is 38.5 Å². The van der Waals surface area contributed by atoms with Crippen LogP contribution in [0.25, 0.3) is 0 Å². The molecule has 4 bridgehead atoms. The normalized spacial score (nSPS) is 37.3. The second kappa shape index (κ2) is 4.80. The molecule has 4 aliphatic rings. The van der Waals surface area contributed by atoms with E-state index in [1.807, 2.05) is 0 Å². The predicted octanol–water partition coefficient (Wildman–Crippen LogP) is 2.21. The van der Waals surface area contributed by atoms with Crippen LogP contribution in [0.5, 0.6) is 0 Å². The fourth-order valence-corrected chi connectivity index (χ4v) is 5.55. The molecule has 0 aromatic heterocycles. The Balaban J connectivity index is 1.76. The molecule has 4 rings (SSSR count). The molecule has 1 N–H and O–H groups in total. The van der Waals surface area contributed by atoms with Gasteiger partial charge in [-0.1, -0.05) is 0 Å². The molecule has 4 fully saturated rings. The van der Waals surface area contributed by atoms with E-state index < -0.39 is 32.4 Å². The van der Waals surface area contributed by atoms with Crippen LogP contribution in [0.4, 0.5) is 8.78 Å². The summed E-state index contributed by atoms with van der Waals surface area (Å²) in [6, 6.07) is 0. The summed E-state index contributed by atoms with van der Waals surface area (Å²) in [6.45, 7) is 0. The molecule has 124 valence electrons. The molecular weight excluding hydrogens is 318 g/mol. The van der Waals surface area contributed by atoms with E-state index in [9.17, 15) is 26.8 Å². The van der Waals surface area contributed by atoms with Gasteiger partial charge in [-0.25, -0.2) is 0 Å². The van der Waals surface area contributed by atoms with Crippen molar-refractivity contribution in [1.82, 2.24) is 0 Å². The molecule has 0 heterocycles. The average molecular weight is 336 g/mol. The average Bonchev–Trinajstić information content (AvgIpc) is 2.33. The van der Waals surface area contributed by atoms with Gasteiger partial charge in [0.15, 0.2) is 0 Å². The maximum atomic E-state index is 13.3. The molecular formula is C14H18F2O5S. The van der Waals surface area contributed by atoms with E-state index in [1.54, 1.807) is 0 Å². The molecule has 4 aliphatic carbocycles. The number of ketones is 2. The lowest BCUT2D eigenvalue weighted by Crippen LogP contribution is -2.49. The van der Waals surface area contributed by atoms with Crippen molar-refractivity contribution in [3.8, 4) is 0 Å². The van der Waals surface area contributed by atoms with E-state index in [4.69, 9.17) is 4.55 Å². The zero-order valence-electron chi connectivity index (χ0n) is 11.9. The number of hydrogen-bond acceptors (Lipinski definition) is 4. The fourth-order valence-electron chi connectivity index (χ4n) is 5.21. The first-order chi connectivity index (χ1) is 10.0. The van der Waals surface area contributed by atoms with E-state index in [-0.39, 0.29) is 6.42 Å². The van der Waals surface area contributed by atoms with Crippen molar-refractivity contribution in [3.05, 3.63) is 0 Å². The molecule has 0 aliphatic heterocycles. The van der Waals surface area contributed by atoms with Crippen molar-refractivity contribution >= 4 is 21.7 Å². The second-order valence-corrected chi connectivity index (χ2v) is 8.80. The van der Waals surface area contributed by atoms with Crippen molar-refractivity contribution in [2.24, 2.45) is 23.2 Å². The summed E-state index contributed by atoms with van der Waals surface area (Å²) in [6.07, 6.45) is 5.20. The molecule has 0 aromatic carbocycles. The first kappa shape index (κ1) is 16.0. The van der Waals surface area contributed by atoms with Crippen LogP contribution in [0.1, 0.15) is 44.9 Å². The minimum Gasteiger partial charge on any atom is -0.291 e. The Bertz CT molecular complexity index is 590. The van der Waals surface area contributed by atoms with Crippen molar-refractivity contribution < 1.29 is 31.3 Å². The minimum atomic E-state index is -5.92. The quantitative estimate of drug-likeness (QED) is 0.614. The smallest absolute Gasteiger partial charge is 0.291 e. The van der Waals surface area contributed by atoms with Gasteiger partial charge >= 0.3 is 15.4 Å². The molecule has 0 spiro atoms. The van der Waals surface area contributed by atoms with Gasteiger partial charge in [-0.2, -0.15) is 17.2 Å². The van der Waals surface area contributed by atoms with Gasteiger partial charge in [0.2, 0.25) is 5.78 Å². The van der Waals surface area contributed by atoms with E-state index in [2.05, 4.69) is 0 Å². The van der Waals surface area contributed by atoms with E-state index in [0.29, 0.717) is 17.8 Å². The van der Waals surface area contributed by atoms with Gasteiger partial charge in [-0.3, -0.25) is 14.1 Å². The van der Waals surface area contributed by atoms with Crippen LogP contribution in [0.2, 0.25) is 0 Å². The molecule has 8 heteroatoms. The molecule has 4 saturated carbocycles. The predicted molar refractivity (Wildman–Crippen MR) is 71.7 cm³/mol. The molecule has 0 saturated heterocycles. The second-order valence-electron chi connectivity index (χ2n) is 7.34. The summed E-state index contributed by atoms with van der Waals surface area (Å²) in [5, 5.41) is -5.05. The lowest BCUT2D eigenvalue weighted by atomic mass is 9.48. The van der Waals surface area contributed by atoms with Crippen LogP contribution < -0.4 is 0 Å². The highest BCUT2D eigenvalue weighted by atomic mass is 32.2. The Morgan fingerprint density at radius 3 is 1.82 bits per heavy atom. The lowest BCUT2D eigenvalue weighted by molar-refractivity contribution is -0.149. The summed E-state index contributed by atoms with van der Waals surface area (Å²) < 4.78 is 56.3. The Morgan fingerprint density at radius 1 is 1.05 bits per heavy atom. The van der Waals surface area contributed by atoms with E-state index in [1.165, 1.54) is 0 Å². The van der Waals surface area contributed by atoms with Gasteiger partial charge in [0.1, 0.15) is 0 Å². The molecule has 0 radical (unpaired) electrons. The van der Waals surface area contributed by atoms with Gasteiger partial charge in [0.05, 0.1) is 0 Å². The fraction of sp³-hybridized carbons (Fsp3) is 0.857. The van der Waals surface area contributed by atoms with Crippen molar-refractivity contribution in [3.63, 3.8) is 0 Å². The van der Waals surface area contributed by atoms with Crippen LogP contribution in [-0.2, 0) is 19.7 Å². The maximum Gasteiger partial charge on any atom is 0.434 e. The molecule has 0 amide bonds. The van der Waals surface area contributed by atoms with Crippen LogP contribution in [0.3, 0.4) is 0 Å². The first-order valence-electron chi connectivity index (χ1n) is 7.45. The summed E-state index contributed by atoms with van der Waals surface area (Å²) in [5.41, 5.74) is -0.434. The van der Waals surface area contributed by atoms with Crippen LogP contribution >= 0.6 is 0 Å². The molecule has 5 nitrogen and oxygen atoms in total. The van der Waals surface area contributed by atoms with Crippen LogP contribution in [-0.4, -0.2) is 29.8 Å². The largest absolute Gasteiger partial charge is 0.434 e. The highest BCUT2D eigenvalue weighted by Crippen LogP contribution is 2.61. The summed E-state index contributed by atoms with van der Waals surface area (Å²) in [4.78, 5) is 23.4. The van der Waals surface area contributed by atoms with Crippen molar-refractivity contribution in [1.29, 1.82) is 0 Å². The van der Waals surface area contributed by atoms with Gasteiger partial charge in [-0.15, -0.1) is 0 Å². The number of alkyl halides is 2. The minimum absolute atomic E-state index is 0.333. The van der Waals surface area contributed by atoms with Crippen LogP contribution in [0.15, 0.2) is 0 Å². The lowest BCUT2D eigenvalue weighted by Gasteiger charge is -2.56. The molecule has 0 atom stereocenters. The Labute approximate surface area is 127 Å². The summed E-state index contributed by atoms with van der Waals surface area (Å²) in [5.74, 6) is -2.25. The molecule has 22 heavy (non-hydrogen) atoms. The number of Topliss-reactive ketones (excluding diaryl/α,β-unsaturated/α-hetero) is 2. The van der Waals surface area contributed by atoms with Gasteiger partial charge < -0.3 is 0 Å². The Hall–Kier alpha value is -0.890. The number of carbonyl (C=O) groups excluding carboxylic acids is 2. The number of halogens is 2. The Morgan fingerprint density at radius 2 is 1.45 bits per heavy atom. The zero-order valence-corrected chi connectivity index (χ0v) is 12.7. The Kier molecular flexibility index (Phi) is 3.49. The highest BCUT2D eigenvalue weighted by Gasteiger charge is 2.57. The number of rotatable bonds is 5. The zero-order chi connectivity index (χ0) is 16.3. The van der Waals surface area contributed by atoms with Crippen molar-refractivity contribution in [2.75, 3.05) is 0 Å². The standard InChI is InChI=1S/C14H18F2O5S/c15-14(16,22(19,20)21)12(18)11(17)7-13-4-8-1-9(5-13)3-10(2-8)6-13/h8-10H,1-7H2,(H,19,20,21). The first-order valence-corrected chi connectivity index (χ1v) is 8.89. The topological polar surface area (TPSA) is 88.5 Å². The van der Waals surface area contributed by atoms with Gasteiger partial charge in [0.25, 0.3) is 5.78 Å². The summed E-state index contributed by atoms with van der Waals surface area (Å²) in [7, 11) is -5.92. The van der Waals surface area contributed by atoms with Gasteiger partial charge in [-0.05, 0) is 61.7 Å². The maximum absolute atomic E-state index is 13.3. The van der Waals surface area contributed by atoms with Crippen LogP contribution in [0, 0.1) is 23.2 Å². The van der Waals surface area contributed by atoms with Crippen molar-refractivity contribution in [2.45, 2.75) is 50.2 Å².